The number of aromatic nitrogens is 1. The summed E-state index contributed by atoms with van der Waals surface area (Å²) >= 11 is 1.58. The van der Waals surface area contributed by atoms with Crippen molar-refractivity contribution in [1.29, 1.82) is 0 Å². The lowest BCUT2D eigenvalue weighted by Crippen LogP contribution is -2.01. The van der Waals surface area contributed by atoms with Crippen LogP contribution in [0.2, 0.25) is 0 Å². The number of aryl methyl sites for hydroxylation is 1. The van der Waals surface area contributed by atoms with Gasteiger partial charge in [-0.15, -0.1) is 11.3 Å². The third-order valence-electron chi connectivity index (χ3n) is 2.52. The molecule has 7 heteroatoms. The van der Waals surface area contributed by atoms with Crippen LogP contribution in [-0.2, 0) is 6.54 Å². The summed E-state index contributed by atoms with van der Waals surface area (Å²) in [5.74, 6) is 0.576. The van der Waals surface area contributed by atoms with Crippen LogP contribution >= 0.6 is 11.3 Å². The van der Waals surface area contributed by atoms with Crippen LogP contribution in [0, 0.1) is 17.0 Å². The Kier molecular flexibility index (Phi) is 3.96. The molecule has 1 N–H and O–H groups in total. The predicted molar refractivity (Wildman–Crippen MR) is 73.8 cm³/mol. The largest absolute Gasteiger partial charge is 0.495 e. The average Bonchev–Trinajstić information content (AvgIpc) is 2.81. The molecule has 1 heterocycles. The van der Waals surface area contributed by atoms with Crippen molar-refractivity contribution in [3.8, 4) is 5.75 Å². The topological polar surface area (TPSA) is 77.3 Å². The van der Waals surface area contributed by atoms with Crippen LogP contribution < -0.4 is 10.1 Å². The summed E-state index contributed by atoms with van der Waals surface area (Å²) in [6.07, 6.45) is 1.79. The second-order valence-electron chi connectivity index (χ2n) is 3.84. The summed E-state index contributed by atoms with van der Waals surface area (Å²) in [6, 6.07) is 4.46. The number of rotatable bonds is 5. The molecule has 0 fully saturated rings. The second kappa shape index (κ2) is 5.66. The average molecular weight is 279 g/mol. The van der Waals surface area contributed by atoms with Gasteiger partial charge in [-0.1, -0.05) is 0 Å². The summed E-state index contributed by atoms with van der Waals surface area (Å²) in [4.78, 5) is 15.5. The molecule has 1 aromatic heterocycles. The molecule has 0 aliphatic rings. The van der Waals surface area contributed by atoms with Crippen molar-refractivity contribution in [2.24, 2.45) is 0 Å². The Bertz CT molecular complexity index is 598. The Balaban J connectivity index is 2.17. The fourth-order valence-electron chi connectivity index (χ4n) is 1.62. The fraction of sp³-hybridized carbons (Fsp3) is 0.250. The van der Waals surface area contributed by atoms with Crippen molar-refractivity contribution < 1.29 is 9.66 Å². The van der Waals surface area contributed by atoms with Gasteiger partial charge in [-0.25, -0.2) is 4.98 Å². The summed E-state index contributed by atoms with van der Waals surface area (Å²) in [5, 5.41) is 14.9. The number of nitrogens with zero attached hydrogens (tertiary/aromatic N) is 2. The first kappa shape index (κ1) is 13.3. The molecule has 1 aromatic carbocycles. The summed E-state index contributed by atoms with van der Waals surface area (Å²) in [5.41, 5.74) is 0.631. The van der Waals surface area contributed by atoms with Gasteiger partial charge in [-0.05, 0) is 13.0 Å². The lowest BCUT2D eigenvalue weighted by molar-refractivity contribution is -0.384. The molecule has 0 saturated carbocycles. The molecule has 6 nitrogen and oxygen atoms in total. The number of non-ortho nitro benzene ring substituents is 1. The van der Waals surface area contributed by atoms with Crippen molar-refractivity contribution >= 4 is 22.7 Å². The van der Waals surface area contributed by atoms with Gasteiger partial charge in [-0.2, -0.15) is 0 Å². The Morgan fingerprint density at radius 2 is 2.32 bits per heavy atom. The second-order valence-corrected chi connectivity index (χ2v) is 5.16. The Morgan fingerprint density at radius 1 is 1.53 bits per heavy atom. The van der Waals surface area contributed by atoms with Gasteiger partial charge in [0.05, 0.1) is 29.3 Å². The number of hydrogen-bond donors (Lipinski definition) is 1. The highest BCUT2D eigenvalue weighted by Gasteiger charge is 2.11. The van der Waals surface area contributed by atoms with Crippen LogP contribution in [0.3, 0.4) is 0 Å². The first-order valence-electron chi connectivity index (χ1n) is 5.57. The number of thiazole rings is 1. The van der Waals surface area contributed by atoms with Crippen LogP contribution in [0.1, 0.15) is 9.88 Å². The van der Waals surface area contributed by atoms with Crippen molar-refractivity contribution in [3.05, 3.63) is 44.4 Å². The van der Waals surface area contributed by atoms with Gasteiger partial charge in [0.15, 0.2) is 0 Å². The number of methoxy groups -OCH3 is 1. The molecule has 2 aromatic rings. The van der Waals surface area contributed by atoms with Gasteiger partial charge in [-0.3, -0.25) is 10.1 Å². The SMILES string of the molecule is COc1ccc([N+](=O)[O-])cc1NCc1cnc(C)s1. The van der Waals surface area contributed by atoms with Crippen molar-refractivity contribution in [2.45, 2.75) is 13.5 Å². The molecule has 0 spiro atoms. The molecule has 19 heavy (non-hydrogen) atoms. The molecule has 0 saturated heterocycles. The number of hydrogen-bond acceptors (Lipinski definition) is 6. The number of anilines is 1. The minimum atomic E-state index is -0.429. The zero-order valence-corrected chi connectivity index (χ0v) is 11.4. The van der Waals surface area contributed by atoms with Crippen LogP contribution in [0.25, 0.3) is 0 Å². The lowest BCUT2D eigenvalue weighted by atomic mass is 10.2. The summed E-state index contributed by atoms with van der Waals surface area (Å²) in [7, 11) is 1.53. The van der Waals surface area contributed by atoms with Gasteiger partial charge in [0.1, 0.15) is 5.75 Å². The molecule has 100 valence electrons. The van der Waals surface area contributed by atoms with E-state index in [0.717, 1.165) is 9.88 Å². The zero-order valence-electron chi connectivity index (χ0n) is 10.5. The predicted octanol–water partition coefficient (Wildman–Crippen LogP) is 2.98. The first-order chi connectivity index (χ1) is 9.10. The smallest absolute Gasteiger partial charge is 0.271 e. The highest BCUT2D eigenvalue weighted by Crippen LogP contribution is 2.29. The maximum atomic E-state index is 10.8. The summed E-state index contributed by atoms with van der Waals surface area (Å²) < 4.78 is 5.18. The Morgan fingerprint density at radius 3 is 2.89 bits per heavy atom. The normalized spacial score (nSPS) is 10.2. The molecular formula is C12H13N3O3S. The van der Waals surface area contributed by atoms with Crippen molar-refractivity contribution in [2.75, 3.05) is 12.4 Å². The monoisotopic (exact) mass is 279 g/mol. The minimum Gasteiger partial charge on any atom is -0.495 e. The van der Waals surface area contributed by atoms with Crippen LogP contribution in [-0.4, -0.2) is 17.0 Å². The molecule has 0 unspecified atom stereocenters. The highest BCUT2D eigenvalue weighted by molar-refractivity contribution is 7.11. The van der Waals surface area contributed by atoms with E-state index in [9.17, 15) is 10.1 Å². The Hall–Kier alpha value is -2.15. The van der Waals surface area contributed by atoms with Gasteiger partial charge in [0.25, 0.3) is 5.69 Å². The van der Waals surface area contributed by atoms with E-state index in [-0.39, 0.29) is 5.69 Å². The van der Waals surface area contributed by atoms with Crippen molar-refractivity contribution in [1.82, 2.24) is 4.98 Å². The van der Waals surface area contributed by atoms with E-state index in [1.54, 1.807) is 23.6 Å². The number of nitrogens with one attached hydrogen (secondary N) is 1. The van der Waals surface area contributed by atoms with E-state index in [2.05, 4.69) is 10.3 Å². The summed E-state index contributed by atoms with van der Waals surface area (Å²) in [6.45, 7) is 2.49. The fourth-order valence-corrected chi connectivity index (χ4v) is 2.35. The molecule has 0 atom stereocenters. The number of nitro groups is 1. The number of nitro benzene ring substituents is 1. The van der Waals surface area contributed by atoms with E-state index in [4.69, 9.17) is 4.74 Å². The first-order valence-corrected chi connectivity index (χ1v) is 6.39. The van der Waals surface area contributed by atoms with Crippen LogP contribution in [0.5, 0.6) is 5.75 Å². The lowest BCUT2D eigenvalue weighted by Gasteiger charge is -2.09. The maximum Gasteiger partial charge on any atom is 0.271 e. The molecule has 2 rings (SSSR count). The van der Waals surface area contributed by atoms with E-state index in [0.29, 0.717) is 18.0 Å². The van der Waals surface area contributed by atoms with Crippen LogP contribution in [0.15, 0.2) is 24.4 Å². The Labute approximate surface area is 114 Å². The van der Waals surface area contributed by atoms with Crippen LogP contribution in [0.4, 0.5) is 11.4 Å². The third kappa shape index (κ3) is 3.19. The van der Waals surface area contributed by atoms with Gasteiger partial charge in [0.2, 0.25) is 0 Å². The van der Waals surface area contributed by atoms with Crippen molar-refractivity contribution in [3.63, 3.8) is 0 Å². The maximum absolute atomic E-state index is 10.8. The van der Waals surface area contributed by atoms with Gasteiger partial charge in [0, 0.05) is 23.2 Å². The van der Waals surface area contributed by atoms with Gasteiger partial charge >= 0.3 is 0 Å². The molecule has 0 aliphatic heterocycles. The minimum absolute atomic E-state index is 0.0313. The van der Waals surface area contributed by atoms with Gasteiger partial charge < -0.3 is 10.1 Å². The molecular weight excluding hydrogens is 266 g/mol. The molecule has 0 bridgehead atoms. The number of benzene rings is 1. The quantitative estimate of drug-likeness (QED) is 0.672. The standard InChI is InChI=1S/C12H13N3O3S/c1-8-13-6-10(19-8)7-14-11-5-9(15(16)17)3-4-12(11)18-2/h3-6,14H,7H2,1-2H3. The molecule has 0 aliphatic carbocycles. The van der Waals surface area contributed by atoms with E-state index in [1.807, 2.05) is 6.92 Å². The molecule has 0 amide bonds. The third-order valence-corrected chi connectivity index (χ3v) is 3.43. The van der Waals surface area contributed by atoms with E-state index < -0.39 is 4.92 Å². The highest BCUT2D eigenvalue weighted by atomic mass is 32.1. The zero-order chi connectivity index (χ0) is 13.8. The van der Waals surface area contributed by atoms with E-state index in [1.165, 1.54) is 19.2 Å². The number of ether oxygens (including phenoxy) is 1. The van der Waals surface area contributed by atoms with E-state index >= 15 is 0 Å². The molecule has 0 radical (unpaired) electrons.